The van der Waals surface area contributed by atoms with E-state index >= 15 is 0 Å². The largest absolute Gasteiger partial charge is 0.393 e. The molecule has 0 saturated heterocycles. The first-order chi connectivity index (χ1) is 7.97. The summed E-state index contributed by atoms with van der Waals surface area (Å²) in [6, 6.07) is 3.26. The predicted octanol–water partition coefficient (Wildman–Crippen LogP) is 2.63. The van der Waals surface area contributed by atoms with Gasteiger partial charge in [0, 0.05) is 5.54 Å². The van der Waals surface area contributed by atoms with Crippen LogP contribution in [0.5, 0.6) is 0 Å². The number of halogens is 1. The molecule has 1 aromatic heterocycles. The number of hydrogen-bond acceptors (Lipinski definition) is 3. The van der Waals surface area contributed by atoms with Gasteiger partial charge < -0.3 is 10.4 Å². The number of aliphatic hydroxyl groups excluding tert-OH is 1. The van der Waals surface area contributed by atoms with Crippen molar-refractivity contribution in [3.63, 3.8) is 0 Å². The van der Waals surface area contributed by atoms with Gasteiger partial charge in [0.15, 0.2) is 0 Å². The number of rotatable bonds is 2. The van der Waals surface area contributed by atoms with Crippen LogP contribution < -0.4 is 5.32 Å². The minimum absolute atomic E-state index is 0.0908. The van der Waals surface area contributed by atoms with E-state index in [9.17, 15) is 9.50 Å². The summed E-state index contributed by atoms with van der Waals surface area (Å²) in [6.07, 6.45) is 3.15. The monoisotopic (exact) mass is 238 g/mol. The molecule has 4 heteroatoms. The number of aliphatic hydroxyl groups is 1. The second-order valence-electron chi connectivity index (χ2n) is 5.27. The van der Waals surface area contributed by atoms with Crippen molar-refractivity contribution in [2.75, 3.05) is 5.32 Å². The molecule has 0 aromatic carbocycles. The Labute approximate surface area is 101 Å². The summed E-state index contributed by atoms with van der Waals surface area (Å²) >= 11 is 0. The molecule has 94 valence electrons. The fraction of sp³-hybridized carbons (Fsp3) is 0.615. The summed E-state index contributed by atoms with van der Waals surface area (Å²) in [7, 11) is 0. The van der Waals surface area contributed by atoms with Crippen LogP contribution in [0.15, 0.2) is 12.1 Å². The fourth-order valence-electron chi connectivity index (χ4n) is 2.36. The Hall–Kier alpha value is -1.16. The molecule has 0 bridgehead atoms. The number of nitrogens with zero attached hydrogens (tertiary/aromatic N) is 1. The molecule has 1 aromatic rings. The third kappa shape index (κ3) is 3.16. The highest BCUT2D eigenvalue weighted by molar-refractivity contribution is 5.40. The molecule has 2 N–H and O–H groups in total. The quantitative estimate of drug-likeness (QED) is 0.778. The van der Waals surface area contributed by atoms with E-state index in [4.69, 9.17) is 0 Å². The van der Waals surface area contributed by atoms with Crippen molar-refractivity contribution in [3.8, 4) is 0 Å². The van der Waals surface area contributed by atoms with Gasteiger partial charge in [-0.05, 0) is 57.2 Å². The average Bonchev–Trinajstić information content (AvgIpc) is 2.21. The Morgan fingerprint density at radius 1 is 1.41 bits per heavy atom. The Kier molecular flexibility index (Phi) is 3.33. The molecule has 1 aliphatic carbocycles. The number of anilines is 1. The molecule has 1 heterocycles. The maximum atomic E-state index is 13.2. The molecule has 17 heavy (non-hydrogen) atoms. The molecular weight excluding hydrogens is 219 g/mol. The van der Waals surface area contributed by atoms with Crippen molar-refractivity contribution >= 4 is 5.82 Å². The first-order valence-corrected chi connectivity index (χ1v) is 6.07. The molecule has 0 radical (unpaired) electrons. The Bertz CT molecular complexity index is 380. The van der Waals surface area contributed by atoms with Gasteiger partial charge in [0.1, 0.15) is 5.82 Å². The van der Waals surface area contributed by atoms with E-state index in [0.29, 0.717) is 5.82 Å². The highest BCUT2D eigenvalue weighted by Gasteiger charge is 2.30. The number of hydrogen-bond donors (Lipinski definition) is 2. The van der Waals surface area contributed by atoms with E-state index in [-0.39, 0.29) is 11.6 Å². The van der Waals surface area contributed by atoms with Crippen LogP contribution in [0.1, 0.15) is 38.2 Å². The minimum Gasteiger partial charge on any atom is -0.393 e. The first-order valence-electron chi connectivity index (χ1n) is 6.07. The van der Waals surface area contributed by atoms with E-state index in [0.717, 1.165) is 31.2 Å². The summed E-state index contributed by atoms with van der Waals surface area (Å²) in [6.45, 7) is 3.95. The summed E-state index contributed by atoms with van der Waals surface area (Å²) in [5.74, 6) is 0.133. The summed E-state index contributed by atoms with van der Waals surface area (Å²) in [5, 5.41) is 12.8. The van der Waals surface area contributed by atoms with Crippen molar-refractivity contribution in [2.45, 2.75) is 51.2 Å². The van der Waals surface area contributed by atoms with Crippen molar-refractivity contribution in [2.24, 2.45) is 0 Å². The van der Waals surface area contributed by atoms with Crippen molar-refractivity contribution in [3.05, 3.63) is 23.6 Å². The third-order valence-corrected chi connectivity index (χ3v) is 3.43. The fourth-order valence-corrected chi connectivity index (χ4v) is 2.36. The molecular formula is C13H19FN2O. The first kappa shape index (κ1) is 12.3. The molecule has 0 atom stereocenters. The van der Waals surface area contributed by atoms with Crippen LogP contribution in [0.4, 0.5) is 10.2 Å². The second kappa shape index (κ2) is 4.61. The lowest BCUT2D eigenvalue weighted by atomic mass is 9.82. The summed E-state index contributed by atoms with van der Waals surface area (Å²) in [4.78, 5) is 3.85. The highest BCUT2D eigenvalue weighted by atomic mass is 19.1. The Morgan fingerprint density at radius 3 is 2.65 bits per heavy atom. The van der Waals surface area contributed by atoms with Gasteiger partial charge in [-0.3, -0.25) is 0 Å². The molecule has 1 fully saturated rings. The van der Waals surface area contributed by atoms with Crippen LogP contribution in [0.3, 0.4) is 0 Å². The zero-order chi connectivity index (χ0) is 12.5. The van der Waals surface area contributed by atoms with E-state index in [2.05, 4.69) is 17.2 Å². The summed E-state index contributed by atoms with van der Waals surface area (Å²) in [5.41, 5.74) is 0.770. The normalized spacial score (nSPS) is 29.1. The molecule has 0 unspecified atom stereocenters. The van der Waals surface area contributed by atoms with Crippen LogP contribution >= 0.6 is 0 Å². The van der Waals surface area contributed by atoms with Gasteiger partial charge in [-0.1, -0.05) is 0 Å². The zero-order valence-corrected chi connectivity index (χ0v) is 10.3. The number of nitrogens with one attached hydrogen (secondary N) is 1. The molecule has 0 spiro atoms. The van der Waals surface area contributed by atoms with Crippen molar-refractivity contribution < 1.29 is 9.50 Å². The molecule has 1 aliphatic rings. The van der Waals surface area contributed by atoms with Crippen LogP contribution in [0, 0.1) is 12.9 Å². The topological polar surface area (TPSA) is 45.2 Å². The van der Waals surface area contributed by atoms with Crippen LogP contribution in [0.2, 0.25) is 0 Å². The van der Waals surface area contributed by atoms with Crippen LogP contribution in [0.25, 0.3) is 0 Å². The van der Waals surface area contributed by atoms with E-state index in [1.54, 1.807) is 0 Å². The summed E-state index contributed by atoms with van der Waals surface area (Å²) < 4.78 is 13.2. The van der Waals surface area contributed by atoms with E-state index in [1.807, 2.05) is 13.0 Å². The van der Waals surface area contributed by atoms with Gasteiger partial charge >= 0.3 is 0 Å². The average molecular weight is 238 g/mol. The Balaban J connectivity index is 2.09. The van der Waals surface area contributed by atoms with Crippen LogP contribution in [-0.4, -0.2) is 21.7 Å². The van der Waals surface area contributed by atoms with E-state index < -0.39 is 5.95 Å². The van der Waals surface area contributed by atoms with Gasteiger partial charge in [0.05, 0.1) is 6.10 Å². The number of pyridine rings is 1. The second-order valence-corrected chi connectivity index (χ2v) is 5.27. The van der Waals surface area contributed by atoms with Gasteiger partial charge in [-0.25, -0.2) is 4.98 Å². The van der Waals surface area contributed by atoms with Gasteiger partial charge in [0.2, 0.25) is 5.95 Å². The predicted molar refractivity (Wildman–Crippen MR) is 65.4 cm³/mol. The number of aromatic nitrogens is 1. The maximum absolute atomic E-state index is 13.2. The highest BCUT2D eigenvalue weighted by Crippen LogP contribution is 2.31. The molecule has 3 nitrogen and oxygen atoms in total. The molecule has 1 saturated carbocycles. The van der Waals surface area contributed by atoms with Gasteiger partial charge in [-0.15, -0.1) is 0 Å². The third-order valence-electron chi connectivity index (χ3n) is 3.43. The minimum atomic E-state index is -0.452. The lowest BCUT2D eigenvalue weighted by Crippen LogP contribution is -2.40. The molecule has 0 aliphatic heterocycles. The van der Waals surface area contributed by atoms with E-state index in [1.165, 1.54) is 6.07 Å². The molecule has 2 rings (SSSR count). The van der Waals surface area contributed by atoms with Crippen molar-refractivity contribution in [1.29, 1.82) is 0 Å². The maximum Gasteiger partial charge on any atom is 0.215 e. The molecule has 0 amide bonds. The van der Waals surface area contributed by atoms with Gasteiger partial charge in [-0.2, -0.15) is 4.39 Å². The lowest BCUT2D eigenvalue weighted by molar-refractivity contribution is 0.108. The van der Waals surface area contributed by atoms with Crippen LogP contribution in [-0.2, 0) is 0 Å². The zero-order valence-electron chi connectivity index (χ0n) is 10.3. The standard InChI is InChI=1S/C13H19FN2O/c1-9-7-11(14)15-12(8-9)16-13(2)5-3-10(17)4-6-13/h7-8,10,17H,3-6H2,1-2H3,(H,15,16). The van der Waals surface area contributed by atoms with Gasteiger partial charge in [0.25, 0.3) is 0 Å². The number of aryl methyl sites for hydroxylation is 1. The Morgan fingerprint density at radius 2 is 2.06 bits per heavy atom. The lowest BCUT2D eigenvalue weighted by Gasteiger charge is -2.37. The SMILES string of the molecule is Cc1cc(F)nc(NC2(C)CCC(O)CC2)c1. The smallest absolute Gasteiger partial charge is 0.215 e. The van der Waals surface area contributed by atoms with Crippen molar-refractivity contribution in [1.82, 2.24) is 4.98 Å².